The summed E-state index contributed by atoms with van der Waals surface area (Å²) >= 11 is 1.88. The Morgan fingerprint density at radius 1 is 1.50 bits per heavy atom. The molecule has 1 N–H and O–H groups in total. The molecule has 1 aromatic rings. The van der Waals surface area contributed by atoms with Crippen LogP contribution in [0.1, 0.15) is 29.7 Å². The minimum Gasteiger partial charge on any atom is -0.317 e. The highest BCUT2D eigenvalue weighted by Gasteiger charge is 2.25. The smallest absolute Gasteiger partial charge is 0.00955 e. The van der Waals surface area contributed by atoms with Crippen LogP contribution in [0.25, 0.3) is 0 Å². The van der Waals surface area contributed by atoms with Gasteiger partial charge in [-0.1, -0.05) is 6.42 Å². The van der Waals surface area contributed by atoms with E-state index in [2.05, 4.69) is 30.7 Å². The van der Waals surface area contributed by atoms with Gasteiger partial charge in [0.1, 0.15) is 0 Å². The van der Waals surface area contributed by atoms with Crippen LogP contribution in [0.2, 0.25) is 0 Å². The summed E-state index contributed by atoms with van der Waals surface area (Å²) in [4.78, 5) is 1.44. The summed E-state index contributed by atoms with van der Waals surface area (Å²) < 4.78 is 0. The lowest BCUT2D eigenvalue weighted by molar-refractivity contribution is 0.424. The fourth-order valence-electron chi connectivity index (χ4n) is 2.57. The van der Waals surface area contributed by atoms with Crippen LogP contribution < -0.4 is 5.32 Å². The van der Waals surface area contributed by atoms with Gasteiger partial charge >= 0.3 is 0 Å². The van der Waals surface area contributed by atoms with E-state index >= 15 is 0 Å². The summed E-state index contributed by atoms with van der Waals surface area (Å²) in [6.07, 6.45) is 5.44. The molecule has 0 aromatic carbocycles. The number of thiophene rings is 1. The Morgan fingerprint density at radius 3 is 3.00 bits per heavy atom. The molecule has 0 spiro atoms. The molecule has 1 aliphatic rings. The van der Waals surface area contributed by atoms with E-state index < -0.39 is 0 Å². The second-order valence-electron chi connectivity index (χ2n) is 4.36. The third-order valence-corrected chi connectivity index (χ3v) is 4.22. The first-order chi connectivity index (χ1) is 6.79. The lowest BCUT2D eigenvalue weighted by Crippen LogP contribution is -2.29. The van der Waals surface area contributed by atoms with Crippen LogP contribution in [0.15, 0.2) is 11.4 Å². The van der Waals surface area contributed by atoms with Crippen molar-refractivity contribution in [1.29, 1.82) is 0 Å². The predicted molar refractivity (Wildman–Crippen MR) is 62.9 cm³/mol. The first-order valence-electron chi connectivity index (χ1n) is 5.51. The molecule has 0 bridgehead atoms. The van der Waals surface area contributed by atoms with Gasteiger partial charge in [-0.3, -0.25) is 0 Å². The maximum Gasteiger partial charge on any atom is 0.00955 e. The van der Waals surface area contributed by atoms with E-state index in [4.69, 9.17) is 0 Å². The van der Waals surface area contributed by atoms with Crippen LogP contribution in [0, 0.1) is 12.8 Å². The average molecular weight is 209 g/mol. The molecule has 78 valence electrons. The quantitative estimate of drug-likeness (QED) is 0.807. The van der Waals surface area contributed by atoms with Gasteiger partial charge in [-0.2, -0.15) is 0 Å². The van der Waals surface area contributed by atoms with Crippen molar-refractivity contribution in [1.82, 2.24) is 5.32 Å². The van der Waals surface area contributed by atoms with Gasteiger partial charge < -0.3 is 5.32 Å². The lowest BCUT2D eigenvalue weighted by Gasteiger charge is -2.17. The Balaban J connectivity index is 1.96. The summed E-state index contributed by atoms with van der Waals surface area (Å²) in [6, 6.07) is 3.10. The van der Waals surface area contributed by atoms with E-state index in [0.717, 1.165) is 12.0 Å². The second kappa shape index (κ2) is 4.45. The average Bonchev–Trinajstić information content (AvgIpc) is 2.76. The monoisotopic (exact) mass is 209 g/mol. The molecule has 1 heterocycles. The van der Waals surface area contributed by atoms with Crippen molar-refractivity contribution in [2.24, 2.45) is 5.92 Å². The van der Waals surface area contributed by atoms with Crippen molar-refractivity contribution >= 4 is 11.3 Å². The molecule has 2 atom stereocenters. The SMILES string of the molecule is CNC1CCCC1Cc1csc(C)c1. The molecule has 0 amide bonds. The van der Waals surface area contributed by atoms with Crippen molar-refractivity contribution in [2.45, 2.75) is 38.6 Å². The van der Waals surface area contributed by atoms with Crippen LogP contribution in [0.3, 0.4) is 0 Å². The summed E-state index contributed by atoms with van der Waals surface area (Å²) in [5.74, 6) is 0.869. The van der Waals surface area contributed by atoms with E-state index in [1.54, 1.807) is 5.56 Å². The first kappa shape index (κ1) is 10.2. The van der Waals surface area contributed by atoms with Gasteiger partial charge in [0.2, 0.25) is 0 Å². The van der Waals surface area contributed by atoms with Crippen molar-refractivity contribution in [3.8, 4) is 0 Å². The van der Waals surface area contributed by atoms with Gasteiger partial charge in [-0.05, 0) is 56.2 Å². The number of hydrogen-bond donors (Lipinski definition) is 1. The van der Waals surface area contributed by atoms with Gasteiger partial charge in [-0.25, -0.2) is 0 Å². The minimum absolute atomic E-state index is 0.759. The molecular formula is C12H19NS. The minimum atomic E-state index is 0.759. The van der Waals surface area contributed by atoms with Crippen LogP contribution in [0.5, 0.6) is 0 Å². The lowest BCUT2D eigenvalue weighted by atomic mass is 9.96. The third-order valence-electron chi connectivity index (χ3n) is 3.31. The number of nitrogens with one attached hydrogen (secondary N) is 1. The second-order valence-corrected chi connectivity index (χ2v) is 5.47. The maximum atomic E-state index is 3.44. The van der Waals surface area contributed by atoms with Gasteiger partial charge in [0.25, 0.3) is 0 Å². The van der Waals surface area contributed by atoms with E-state index in [1.165, 1.54) is 30.6 Å². The molecule has 2 unspecified atom stereocenters. The molecular weight excluding hydrogens is 190 g/mol. The molecule has 1 aliphatic carbocycles. The number of aryl methyl sites for hydroxylation is 1. The van der Waals surface area contributed by atoms with Gasteiger partial charge in [0.15, 0.2) is 0 Å². The van der Waals surface area contributed by atoms with E-state index in [-0.39, 0.29) is 0 Å². The van der Waals surface area contributed by atoms with Crippen molar-refractivity contribution in [2.75, 3.05) is 7.05 Å². The zero-order valence-electron chi connectivity index (χ0n) is 9.05. The molecule has 0 radical (unpaired) electrons. The normalized spacial score (nSPS) is 27.0. The standard InChI is InChI=1S/C12H19NS/c1-9-6-10(8-14-9)7-11-4-3-5-12(11)13-2/h6,8,11-13H,3-5,7H2,1-2H3. The maximum absolute atomic E-state index is 3.44. The zero-order chi connectivity index (χ0) is 9.97. The summed E-state index contributed by atoms with van der Waals surface area (Å²) in [5, 5.41) is 5.76. The summed E-state index contributed by atoms with van der Waals surface area (Å²) in [6.45, 7) is 2.19. The van der Waals surface area contributed by atoms with E-state index in [1.807, 2.05) is 11.3 Å². The molecule has 1 aromatic heterocycles. The van der Waals surface area contributed by atoms with E-state index in [9.17, 15) is 0 Å². The predicted octanol–water partition coefficient (Wildman–Crippen LogP) is 2.99. The van der Waals surface area contributed by atoms with Crippen molar-refractivity contribution in [3.63, 3.8) is 0 Å². The molecule has 2 heteroatoms. The van der Waals surface area contributed by atoms with Gasteiger partial charge in [-0.15, -0.1) is 11.3 Å². The van der Waals surface area contributed by atoms with Crippen molar-refractivity contribution < 1.29 is 0 Å². The van der Waals surface area contributed by atoms with Crippen LogP contribution in [0.4, 0.5) is 0 Å². The highest BCUT2D eigenvalue weighted by Crippen LogP contribution is 2.29. The Labute approximate surface area is 90.5 Å². The molecule has 0 aliphatic heterocycles. The largest absolute Gasteiger partial charge is 0.317 e. The van der Waals surface area contributed by atoms with Crippen LogP contribution in [-0.4, -0.2) is 13.1 Å². The molecule has 1 nitrogen and oxygen atoms in total. The Morgan fingerprint density at radius 2 is 2.36 bits per heavy atom. The third kappa shape index (κ3) is 2.18. The Bertz CT molecular complexity index is 292. The highest BCUT2D eigenvalue weighted by molar-refractivity contribution is 7.10. The topological polar surface area (TPSA) is 12.0 Å². The Kier molecular flexibility index (Phi) is 3.24. The first-order valence-corrected chi connectivity index (χ1v) is 6.39. The fraction of sp³-hybridized carbons (Fsp3) is 0.667. The fourth-order valence-corrected chi connectivity index (χ4v) is 3.29. The molecule has 0 saturated heterocycles. The summed E-state index contributed by atoms with van der Waals surface area (Å²) in [5.41, 5.74) is 1.54. The highest BCUT2D eigenvalue weighted by atomic mass is 32.1. The molecule has 1 fully saturated rings. The van der Waals surface area contributed by atoms with E-state index in [0.29, 0.717) is 0 Å². The molecule has 14 heavy (non-hydrogen) atoms. The Hall–Kier alpha value is -0.340. The van der Waals surface area contributed by atoms with Gasteiger partial charge in [0, 0.05) is 10.9 Å². The molecule has 2 rings (SSSR count). The van der Waals surface area contributed by atoms with Gasteiger partial charge in [0.05, 0.1) is 0 Å². The zero-order valence-corrected chi connectivity index (χ0v) is 9.86. The van der Waals surface area contributed by atoms with Crippen LogP contribution in [-0.2, 0) is 6.42 Å². The number of hydrogen-bond acceptors (Lipinski definition) is 2. The van der Waals surface area contributed by atoms with Crippen molar-refractivity contribution in [3.05, 3.63) is 21.9 Å². The summed E-state index contributed by atoms with van der Waals surface area (Å²) in [7, 11) is 2.10. The van der Waals surface area contributed by atoms with Crippen LogP contribution >= 0.6 is 11.3 Å². The number of rotatable bonds is 3. The molecule has 1 saturated carbocycles.